The topological polar surface area (TPSA) is 43.4 Å². The molecule has 0 heterocycles. The van der Waals surface area contributed by atoms with Crippen molar-refractivity contribution < 1.29 is 14.3 Å². The highest BCUT2D eigenvalue weighted by Gasteiger charge is 2.10. The first kappa shape index (κ1) is 14.3. The molecule has 0 N–H and O–H groups in total. The molecule has 0 unspecified atom stereocenters. The van der Waals surface area contributed by atoms with Gasteiger partial charge < -0.3 is 4.74 Å². The van der Waals surface area contributed by atoms with E-state index in [4.69, 9.17) is 16.3 Å². The van der Waals surface area contributed by atoms with E-state index >= 15 is 0 Å². The number of halogens is 1. The Hall–Kier alpha value is -2.13. The summed E-state index contributed by atoms with van der Waals surface area (Å²) in [5.41, 5.74) is 1.28. The molecule has 2 aromatic carbocycles. The van der Waals surface area contributed by atoms with E-state index in [2.05, 4.69) is 0 Å². The Labute approximate surface area is 122 Å². The third-order valence-corrected chi connectivity index (χ3v) is 2.94. The SMILES string of the molecule is O=C(COC(=O)c1ccccc1)Cc1ccc(Cl)cc1. The Morgan fingerprint density at radius 2 is 1.60 bits per heavy atom. The van der Waals surface area contributed by atoms with E-state index in [0.29, 0.717) is 10.6 Å². The molecule has 0 amide bonds. The van der Waals surface area contributed by atoms with E-state index in [0.717, 1.165) is 5.56 Å². The standard InChI is InChI=1S/C16H13ClO3/c17-14-8-6-12(7-9-14)10-15(18)11-20-16(19)13-4-2-1-3-5-13/h1-9H,10-11H2. The maximum atomic E-state index is 11.7. The molecule has 20 heavy (non-hydrogen) atoms. The second kappa shape index (κ2) is 6.87. The normalized spacial score (nSPS) is 10.1. The van der Waals surface area contributed by atoms with Crippen LogP contribution in [0.2, 0.25) is 5.02 Å². The fourth-order valence-electron chi connectivity index (χ4n) is 1.68. The van der Waals surface area contributed by atoms with Crippen LogP contribution < -0.4 is 0 Å². The number of Topliss-reactive ketones (excluding diaryl/α,β-unsaturated/α-hetero) is 1. The lowest BCUT2D eigenvalue weighted by molar-refractivity contribution is -0.121. The maximum Gasteiger partial charge on any atom is 0.338 e. The van der Waals surface area contributed by atoms with Gasteiger partial charge >= 0.3 is 5.97 Å². The molecule has 2 aromatic rings. The van der Waals surface area contributed by atoms with Crippen molar-refractivity contribution >= 4 is 23.4 Å². The van der Waals surface area contributed by atoms with Crippen LogP contribution in [0.15, 0.2) is 54.6 Å². The van der Waals surface area contributed by atoms with E-state index in [1.54, 1.807) is 48.5 Å². The van der Waals surface area contributed by atoms with Gasteiger partial charge in [-0.2, -0.15) is 0 Å². The minimum atomic E-state index is -0.491. The Balaban J connectivity index is 1.83. The monoisotopic (exact) mass is 288 g/mol. The Bertz CT molecular complexity index is 591. The van der Waals surface area contributed by atoms with Crippen molar-refractivity contribution in [2.45, 2.75) is 6.42 Å². The van der Waals surface area contributed by atoms with Crippen LogP contribution in [0.4, 0.5) is 0 Å². The van der Waals surface area contributed by atoms with Crippen LogP contribution in [0.3, 0.4) is 0 Å². The van der Waals surface area contributed by atoms with Crippen LogP contribution in [-0.4, -0.2) is 18.4 Å². The number of carbonyl (C=O) groups excluding carboxylic acids is 2. The maximum absolute atomic E-state index is 11.7. The minimum Gasteiger partial charge on any atom is -0.454 e. The lowest BCUT2D eigenvalue weighted by atomic mass is 10.1. The summed E-state index contributed by atoms with van der Waals surface area (Å²) in [6, 6.07) is 15.6. The number of hydrogen-bond acceptors (Lipinski definition) is 3. The summed E-state index contributed by atoms with van der Waals surface area (Å²) in [5, 5.41) is 0.622. The van der Waals surface area contributed by atoms with Crippen LogP contribution in [0, 0.1) is 0 Å². The van der Waals surface area contributed by atoms with Crippen molar-refractivity contribution in [3.8, 4) is 0 Å². The largest absolute Gasteiger partial charge is 0.454 e. The molecule has 0 saturated carbocycles. The van der Waals surface area contributed by atoms with Crippen molar-refractivity contribution in [3.05, 3.63) is 70.7 Å². The van der Waals surface area contributed by atoms with Gasteiger partial charge in [0.15, 0.2) is 12.4 Å². The summed E-state index contributed by atoms with van der Waals surface area (Å²) in [4.78, 5) is 23.4. The molecule has 0 bridgehead atoms. The fraction of sp³-hybridized carbons (Fsp3) is 0.125. The summed E-state index contributed by atoms with van der Waals surface area (Å²) in [6.45, 7) is -0.226. The molecule has 0 aromatic heterocycles. The number of esters is 1. The second-order valence-corrected chi connectivity index (χ2v) is 4.72. The molecular weight excluding hydrogens is 276 g/mol. The fourth-order valence-corrected chi connectivity index (χ4v) is 1.81. The predicted octanol–water partition coefficient (Wildman–Crippen LogP) is 3.31. The first-order chi connectivity index (χ1) is 9.65. The number of benzene rings is 2. The third kappa shape index (κ3) is 4.21. The average Bonchev–Trinajstić information content (AvgIpc) is 2.48. The van der Waals surface area contributed by atoms with Crippen molar-refractivity contribution in [1.29, 1.82) is 0 Å². The van der Waals surface area contributed by atoms with Crippen LogP contribution in [-0.2, 0) is 16.0 Å². The number of ketones is 1. The Morgan fingerprint density at radius 1 is 0.950 bits per heavy atom. The Kier molecular flexibility index (Phi) is 4.91. The van der Waals surface area contributed by atoms with E-state index in [1.165, 1.54) is 0 Å². The zero-order chi connectivity index (χ0) is 14.4. The first-order valence-electron chi connectivity index (χ1n) is 6.13. The van der Waals surface area contributed by atoms with Crippen molar-refractivity contribution in [1.82, 2.24) is 0 Å². The molecule has 0 radical (unpaired) electrons. The highest BCUT2D eigenvalue weighted by atomic mass is 35.5. The molecular formula is C16H13ClO3. The van der Waals surface area contributed by atoms with E-state index in [-0.39, 0.29) is 18.8 Å². The molecule has 0 aliphatic rings. The highest BCUT2D eigenvalue weighted by molar-refractivity contribution is 6.30. The van der Waals surface area contributed by atoms with Crippen molar-refractivity contribution in [2.24, 2.45) is 0 Å². The molecule has 102 valence electrons. The van der Waals surface area contributed by atoms with Gasteiger partial charge in [0.25, 0.3) is 0 Å². The zero-order valence-corrected chi connectivity index (χ0v) is 11.5. The second-order valence-electron chi connectivity index (χ2n) is 4.28. The minimum absolute atomic E-state index is 0.156. The van der Waals surface area contributed by atoms with Gasteiger partial charge in [-0.15, -0.1) is 0 Å². The summed E-state index contributed by atoms with van der Waals surface area (Å²) in [5.74, 6) is -0.647. The zero-order valence-electron chi connectivity index (χ0n) is 10.7. The van der Waals surface area contributed by atoms with Crippen LogP contribution in [0.5, 0.6) is 0 Å². The molecule has 4 heteroatoms. The number of hydrogen-bond donors (Lipinski definition) is 0. The van der Waals surface area contributed by atoms with Gasteiger partial charge in [0.05, 0.1) is 5.56 Å². The molecule has 0 aliphatic heterocycles. The van der Waals surface area contributed by atoms with E-state index in [1.807, 2.05) is 6.07 Å². The molecule has 0 saturated heterocycles. The first-order valence-corrected chi connectivity index (χ1v) is 6.51. The molecule has 0 fully saturated rings. The Morgan fingerprint density at radius 3 is 2.25 bits per heavy atom. The number of ether oxygens (including phenoxy) is 1. The highest BCUT2D eigenvalue weighted by Crippen LogP contribution is 2.10. The van der Waals surface area contributed by atoms with Gasteiger partial charge in [0.1, 0.15) is 0 Å². The quantitative estimate of drug-likeness (QED) is 0.793. The van der Waals surface area contributed by atoms with Gasteiger partial charge in [-0.1, -0.05) is 41.9 Å². The molecule has 0 aliphatic carbocycles. The predicted molar refractivity (Wildman–Crippen MR) is 76.9 cm³/mol. The number of carbonyl (C=O) groups is 2. The third-order valence-electron chi connectivity index (χ3n) is 2.69. The summed E-state index contributed by atoms with van der Waals surface area (Å²) in [7, 11) is 0. The molecule has 3 nitrogen and oxygen atoms in total. The van der Waals surface area contributed by atoms with Gasteiger partial charge in [-0.05, 0) is 29.8 Å². The van der Waals surface area contributed by atoms with Crippen LogP contribution in [0.25, 0.3) is 0 Å². The lowest BCUT2D eigenvalue weighted by Gasteiger charge is -2.04. The van der Waals surface area contributed by atoms with Crippen molar-refractivity contribution in [2.75, 3.05) is 6.61 Å². The van der Waals surface area contributed by atoms with Gasteiger partial charge in [0.2, 0.25) is 0 Å². The van der Waals surface area contributed by atoms with Crippen molar-refractivity contribution in [3.63, 3.8) is 0 Å². The molecule has 0 atom stereocenters. The molecule has 0 spiro atoms. The summed E-state index contributed by atoms with van der Waals surface area (Å²) in [6.07, 6.45) is 0.221. The van der Waals surface area contributed by atoms with E-state index < -0.39 is 5.97 Å². The van der Waals surface area contributed by atoms with Gasteiger partial charge in [-0.3, -0.25) is 4.79 Å². The van der Waals surface area contributed by atoms with Gasteiger partial charge in [-0.25, -0.2) is 4.79 Å². The van der Waals surface area contributed by atoms with Crippen LogP contribution >= 0.6 is 11.6 Å². The molecule has 2 rings (SSSR count). The average molecular weight is 289 g/mol. The smallest absolute Gasteiger partial charge is 0.338 e. The van der Waals surface area contributed by atoms with Gasteiger partial charge in [0, 0.05) is 11.4 Å². The summed E-state index contributed by atoms with van der Waals surface area (Å²) < 4.78 is 4.97. The van der Waals surface area contributed by atoms with Crippen LogP contribution in [0.1, 0.15) is 15.9 Å². The van der Waals surface area contributed by atoms with E-state index in [9.17, 15) is 9.59 Å². The lowest BCUT2D eigenvalue weighted by Crippen LogP contribution is -2.15. The number of rotatable bonds is 5. The summed E-state index contributed by atoms with van der Waals surface area (Å²) >= 11 is 5.76.